The maximum absolute atomic E-state index is 8.47. The Morgan fingerprint density at radius 1 is 1.46 bits per heavy atom. The number of pyridine rings is 1. The summed E-state index contributed by atoms with van der Waals surface area (Å²) < 4.78 is 0. The standard InChI is InChI=1S/C9H4ClN3/c10-9-8(2-1-3-13-9)4-7(5-11)6-12/h1-4H. The first-order valence-corrected chi connectivity index (χ1v) is 3.78. The second kappa shape index (κ2) is 4.25. The molecule has 0 fully saturated rings. The molecule has 0 aliphatic rings. The van der Waals surface area contributed by atoms with Crippen molar-refractivity contribution < 1.29 is 0 Å². The molecule has 3 nitrogen and oxygen atoms in total. The van der Waals surface area contributed by atoms with E-state index in [1.807, 2.05) is 0 Å². The molecular formula is C9H4ClN3. The third-order valence-electron chi connectivity index (χ3n) is 1.33. The van der Waals surface area contributed by atoms with Gasteiger partial charge in [-0.25, -0.2) is 4.98 Å². The molecule has 62 valence electrons. The van der Waals surface area contributed by atoms with Gasteiger partial charge in [0.1, 0.15) is 22.9 Å². The maximum Gasteiger partial charge on any atom is 0.136 e. The van der Waals surface area contributed by atoms with E-state index in [2.05, 4.69) is 4.98 Å². The molecule has 4 heteroatoms. The zero-order valence-corrected chi connectivity index (χ0v) is 7.28. The van der Waals surface area contributed by atoms with Crippen LogP contribution in [-0.2, 0) is 0 Å². The van der Waals surface area contributed by atoms with Gasteiger partial charge in [-0.2, -0.15) is 10.5 Å². The lowest BCUT2D eigenvalue weighted by atomic mass is 10.2. The normalized spacial score (nSPS) is 8.23. The molecule has 0 unspecified atom stereocenters. The second-order valence-electron chi connectivity index (χ2n) is 2.17. The van der Waals surface area contributed by atoms with Gasteiger partial charge in [0.15, 0.2) is 0 Å². The maximum atomic E-state index is 8.47. The minimum Gasteiger partial charge on any atom is -0.244 e. The summed E-state index contributed by atoms with van der Waals surface area (Å²) in [5.74, 6) is 0. The van der Waals surface area contributed by atoms with Gasteiger partial charge >= 0.3 is 0 Å². The number of nitrogens with zero attached hydrogens (tertiary/aromatic N) is 3. The number of nitriles is 2. The van der Waals surface area contributed by atoms with Gasteiger partial charge in [-0.1, -0.05) is 17.7 Å². The Labute approximate surface area is 80.5 Å². The van der Waals surface area contributed by atoms with Crippen molar-refractivity contribution in [1.82, 2.24) is 4.98 Å². The van der Waals surface area contributed by atoms with Crippen LogP contribution in [-0.4, -0.2) is 4.98 Å². The Morgan fingerprint density at radius 2 is 2.15 bits per heavy atom. The lowest BCUT2D eigenvalue weighted by Gasteiger charge is -1.93. The van der Waals surface area contributed by atoms with Crippen molar-refractivity contribution in [1.29, 1.82) is 10.5 Å². The fourth-order valence-corrected chi connectivity index (χ4v) is 0.925. The number of hydrogen-bond donors (Lipinski definition) is 0. The van der Waals surface area contributed by atoms with E-state index in [0.29, 0.717) is 5.56 Å². The monoisotopic (exact) mass is 189 g/mol. The van der Waals surface area contributed by atoms with Crippen LogP contribution in [0.15, 0.2) is 23.9 Å². The number of hydrogen-bond acceptors (Lipinski definition) is 3. The quantitative estimate of drug-likeness (QED) is 0.503. The van der Waals surface area contributed by atoms with E-state index in [9.17, 15) is 0 Å². The lowest BCUT2D eigenvalue weighted by molar-refractivity contribution is 1.31. The molecule has 0 N–H and O–H groups in total. The lowest BCUT2D eigenvalue weighted by Crippen LogP contribution is -1.80. The number of rotatable bonds is 1. The van der Waals surface area contributed by atoms with Crippen LogP contribution >= 0.6 is 11.6 Å². The number of aromatic nitrogens is 1. The molecule has 0 aromatic carbocycles. The first-order chi connectivity index (χ1) is 6.27. The Kier molecular flexibility index (Phi) is 3.03. The Bertz CT molecular complexity index is 407. The highest BCUT2D eigenvalue weighted by molar-refractivity contribution is 6.30. The van der Waals surface area contributed by atoms with E-state index in [-0.39, 0.29) is 10.7 Å². The van der Waals surface area contributed by atoms with Crippen molar-refractivity contribution in [3.05, 3.63) is 34.6 Å². The average Bonchev–Trinajstić information content (AvgIpc) is 2.17. The third kappa shape index (κ3) is 2.30. The molecule has 0 aliphatic heterocycles. The molecular weight excluding hydrogens is 186 g/mol. The van der Waals surface area contributed by atoms with Crippen LogP contribution in [0.4, 0.5) is 0 Å². The summed E-state index contributed by atoms with van der Waals surface area (Å²) in [5, 5.41) is 17.2. The molecule has 0 amide bonds. The van der Waals surface area contributed by atoms with Gasteiger partial charge in [-0.15, -0.1) is 0 Å². The highest BCUT2D eigenvalue weighted by atomic mass is 35.5. The predicted molar refractivity (Wildman–Crippen MR) is 48.5 cm³/mol. The molecule has 1 aromatic heterocycles. The largest absolute Gasteiger partial charge is 0.244 e. The van der Waals surface area contributed by atoms with Crippen LogP contribution in [0.3, 0.4) is 0 Å². The Hall–Kier alpha value is -1.84. The molecule has 0 bridgehead atoms. The second-order valence-corrected chi connectivity index (χ2v) is 2.52. The number of halogens is 1. The Morgan fingerprint density at radius 3 is 2.69 bits per heavy atom. The van der Waals surface area contributed by atoms with Crippen LogP contribution in [0.1, 0.15) is 5.56 Å². The van der Waals surface area contributed by atoms with Crippen LogP contribution < -0.4 is 0 Å². The molecule has 0 radical (unpaired) electrons. The van der Waals surface area contributed by atoms with Gasteiger partial charge < -0.3 is 0 Å². The van der Waals surface area contributed by atoms with Gasteiger partial charge in [-0.3, -0.25) is 0 Å². The van der Waals surface area contributed by atoms with E-state index < -0.39 is 0 Å². The van der Waals surface area contributed by atoms with Gasteiger partial charge in [0, 0.05) is 11.8 Å². The summed E-state index contributed by atoms with van der Waals surface area (Å²) in [6.07, 6.45) is 2.94. The highest BCUT2D eigenvalue weighted by Gasteiger charge is 1.98. The highest BCUT2D eigenvalue weighted by Crippen LogP contribution is 2.14. The summed E-state index contributed by atoms with van der Waals surface area (Å²) in [6, 6.07) is 6.85. The van der Waals surface area contributed by atoms with E-state index in [1.54, 1.807) is 24.3 Å². The SMILES string of the molecule is N#CC(C#N)=Cc1cccnc1Cl. The minimum atomic E-state index is 0.00917. The van der Waals surface area contributed by atoms with Crippen LogP contribution in [0.25, 0.3) is 6.08 Å². The zero-order valence-electron chi connectivity index (χ0n) is 6.53. The van der Waals surface area contributed by atoms with Gasteiger partial charge in [-0.05, 0) is 12.1 Å². The first kappa shape index (κ1) is 9.25. The fourth-order valence-electron chi connectivity index (χ4n) is 0.751. The van der Waals surface area contributed by atoms with Crippen LogP contribution in [0.5, 0.6) is 0 Å². The van der Waals surface area contributed by atoms with E-state index in [1.165, 1.54) is 12.3 Å². The molecule has 0 atom stereocenters. The molecule has 1 heterocycles. The molecule has 1 aromatic rings. The third-order valence-corrected chi connectivity index (χ3v) is 1.64. The van der Waals surface area contributed by atoms with Gasteiger partial charge in [0.05, 0.1) is 0 Å². The molecule has 0 saturated carbocycles. The topological polar surface area (TPSA) is 60.5 Å². The molecule has 0 spiro atoms. The van der Waals surface area contributed by atoms with E-state index in [0.717, 1.165) is 0 Å². The van der Waals surface area contributed by atoms with Crippen molar-refractivity contribution >= 4 is 17.7 Å². The van der Waals surface area contributed by atoms with E-state index in [4.69, 9.17) is 22.1 Å². The van der Waals surface area contributed by atoms with Crippen molar-refractivity contribution in [3.8, 4) is 12.1 Å². The van der Waals surface area contributed by atoms with Gasteiger partial charge in [0.25, 0.3) is 0 Å². The van der Waals surface area contributed by atoms with Gasteiger partial charge in [0.2, 0.25) is 0 Å². The predicted octanol–water partition coefficient (Wildman–Crippen LogP) is 2.17. The zero-order chi connectivity index (χ0) is 9.68. The summed E-state index contributed by atoms with van der Waals surface area (Å²) in [6.45, 7) is 0. The smallest absolute Gasteiger partial charge is 0.136 e. The molecule has 1 rings (SSSR count). The fraction of sp³-hybridized carbons (Fsp3) is 0. The Balaban J connectivity index is 3.14. The summed E-state index contributed by atoms with van der Waals surface area (Å²) >= 11 is 5.71. The van der Waals surface area contributed by atoms with Crippen LogP contribution in [0, 0.1) is 22.7 Å². The average molecular weight is 190 g/mol. The first-order valence-electron chi connectivity index (χ1n) is 3.40. The summed E-state index contributed by atoms with van der Waals surface area (Å²) in [7, 11) is 0. The van der Waals surface area contributed by atoms with Crippen LogP contribution in [0.2, 0.25) is 5.15 Å². The molecule has 13 heavy (non-hydrogen) atoms. The molecule has 0 aliphatic carbocycles. The van der Waals surface area contributed by atoms with Crippen molar-refractivity contribution in [2.24, 2.45) is 0 Å². The molecule has 0 saturated heterocycles. The van der Waals surface area contributed by atoms with E-state index >= 15 is 0 Å². The minimum absolute atomic E-state index is 0.00917. The van der Waals surface area contributed by atoms with Crippen molar-refractivity contribution in [2.75, 3.05) is 0 Å². The summed E-state index contributed by atoms with van der Waals surface area (Å²) in [4.78, 5) is 3.80. The van der Waals surface area contributed by atoms with Crippen molar-refractivity contribution in [2.45, 2.75) is 0 Å². The van der Waals surface area contributed by atoms with Crippen molar-refractivity contribution in [3.63, 3.8) is 0 Å². The number of allylic oxidation sites excluding steroid dienone is 1. The summed E-state index contributed by atoms with van der Waals surface area (Å²) in [5.41, 5.74) is 0.581.